The van der Waals surface area contributed by atoms with E-state index < -0.39 is 18.5 Å². The van der Waals surface area contributed by atoms with Crippen LogP contribution < -0.4 is 5.32 Å². The third-order valence-corrected chi connectivity index (χ3v) is 3.73. The van der Waals surface area contributed by atoms with Crippen molar-refractivity contribution in [2.45, 2.75) is 13.5 Å². The van der Waals surface area contributed by atoms with E-state index in [1.165, 1.54) is 0 Å². The number of hydrogen-bond acceptors (Lipinski definition) is 5. The molecular formula is C17H15ClN4O3. The Morgan fingerprint density at radius 3 is 2.84 bits per heavy atom. The number of carbonyl (C=O) groups is 2. The topological polar surface area (TPSA) is 86.1 Å². The van der Waals surface area contributed by atoms with E-state index in [1.54, 1.807) is 47.1 Å². The summed E-state index contributed by atoms with van der Waals surface area (Å²) in [7, 11) is 0. The van der Waals surface area contributed by atoms with Crippen molar-refractivity contribution in [1.29, 1.82) is 0 Å². The molecule has 0 unspecified atom stereocenters. The summed E-state index contributed by atoms with van der Waals surface area (Å²) in [6.45, 7) is 2.24. The molecule has 0 saturated heterocycles. The number of aryl methyl sites for hydroxylation is 1. The number of rotatable bonds is 5. The van der Waals surface area contributed by atoms with Gasteiger partial charge in [0, 0.05) is 17.3 Å². The van der Waals surface area contributed by atoms with Gasteiger partial charge in [-0.3, -0.25) is 4.79 Å². The number of esters is 1. The van der Waals surface area contributed by atoms with Gasteiger partial charge in [0.05, 0.1) is 11.1 Å². The van der Waals surface area contributed by atoms with Crippen molar-refractivity contribution in [3.63, 3.8) is 0 Å². The molecule has 1 N–H and O–H groups in total. The number of ether oxygens (including phenoxy) is 1. The van der Waals surface area contributed by atoms with Crippen LogP contribution in [0, 0.1) is 0 Å². The molecule has 7 nitrogen and oxygen atoms in total. The lowest BCUT2D eigenvalue weighted by Gasteiger charge is -2.07. The Hall–Kier alpha value is -2.93. The quantitative estimate of drug-likeness (QED) is 0.709. The summed E-state index contributed by atoms with van der Waals surface area (Å²) in [5.41, 5.74) is 2.27. The number of benzene rings is 2. The highest BCUT2D eigenvalue weighted by Gasteiger charge is 2.13. The third kappa shape index (κ3) is 3.95. The molecule has 1 aromatic heterocycles. The first-order valence-corrected chi connectivity index (χ1v) is 8.00. The van der Waals surface area contributed by atoms with E-state index in [1.807, 2.05) is 6.92 Å². The number of anilines is 1. The van der Waals surface area contributed by atoms with Gasteiger partial charge in [-0.1, -0.05) is 22.9 Å². The van der Waals surface area contributed by atoms with E-state index in [4.69, 9.17) is 16.3 Å². The highest BCUT2D eigenvalue weighted by Crippen LogP contribution is 2.16. The zero-order valence-corrected chi connectivity index (χ0v) is 14.2. The Labute approximate surface area is 148 Å². The lowest BCUT2D eigenvalue weighted by atomic mass is 10.2. The van der Waals surface area contributed by atoms with Gasteiger partial charge >= 0.3 is 5.97 Å². The second kappa shape index (κ2) is 7.31. The van der Waals surface area contributed by atoms with Crippen molar-refractivity contribution >= 4 is 40.2 Å². The number of carbonyl (C=O) groups excluding carboxylic acids is 2. The average Bonchev–Trinajstić information content (AvgIpc) is 3.02. The molecule has 25 heavy (non-hydrogen) atoms. The molecule has 3 rings (SSSR count). The van der Waals surface area contributed by atoms with Gasteiger partial charge in [-0.25, -0.2) is 9.48 Å². The molecular weight excluding hydrogens is 344 g/mol. The van der Waals surface area contributed by atoms with Gasteiger partial charge in [0.15, 0.2) is 6.61 Å². The Morgan fingerprint density at radius 1 is 1.24 bits per heavy atom. The summed E-state index contributed by atoms with van der Waals surface area (Å²) in [5.74, 6) is -1.05. The average molecular weight is 359 g/mol. The van der Waals surface area contributed by atoms with Crippen LogP contribution in [0.5, 0.6) is 0 Å². The fraction of sp³-hybridized carbons (Fsp3) is 0.176. The van der Waals surface area contributed by atoms with Crippen LogP contribution in [0.2, 0.25) is 5.02 Å². The number of hydrogen-bond donors (Lipinski definition) is 1. The molecule has 0 aliphatic rings. The highest BCUT2D eigenvalue weighted by molar-refractivity contribution is 6.30. The van der Waals surface area contributed by atoms with Crippen LogP contribution in [0.3, 0.4) is 0 Å². The van der Waals surface area contributed by atoms with Gasteiger partial charge in [0.1, 0.15) is 5.52 Å². The molecule has 0 radical (unpaired) electrons. The van der Waals surface area contributed by atoms with Crippen molar-refractivity contribution in [3.8, 4) is 0 Å². The Balaban J connectivity index is 1.61. The van der Waals surface area contributed by atoms with Crippen molar-refractivity contribution in [3.05, 3.63) is 53.1 Å². The van der Waals surface area contributed by atoms with Gasteiger partial charge in [-0.05, 0) is 43.3 Å². The predicted octanol–water partition coefficient (Wildman–Crippen LogP) is 2.90. The Kier molecular flexibility index (Phi) is 4.95. The SMILES string of the molecule is CCn1nnc2cc(C(=O)OCC(=O)Nc3cccc(Cl)c3)ccc21. The van der Waals surface area contributed by atoms with Crippen molar-refractivity contribution in [2.24, 2.45) is 0 Å². The van der Waals surface area contributed by atoms with Crippen molar-refractivity contribution in [2.75, 3.05) is 11.9 Å². The Morgan fingerprint density at radius 2 is 2.08 bits per heavy atom. The highest BCUT2D eigenvalue weighted by atomic mass is 35.5. The molecule has 0 aliphatic carbocycles. The largest absolute Gasteiger partial charge is 0.452 e. The van der Waals surface area contributed by atoms with E-state index in [2.05, 4.69) is 15.6 Å². The number of amides is 1. The molecule has 0 bridgehead atoms. The van der Waals surface area contributed by atoms with E-state index >= 15 is 0 Å². The maximum Gasteiger partial charge on any atom is 0.338 e. The smallest absolute Gasteiger partial charge is 0.338 e. The number of halogens is 1. The predicted molar refractivity (Wildman–Crippen MR) is 93.6 cm³/mol. The van der Waals surface area contributed by atoms with Crippen LogP contribution in [-0.2, 0) is 16.1 Å². The summed E-state index contributed by atoms with van der Waals surface area (Å²) in [6, 6.07) is 11.7. The standard InChI is InChI=1S/C17H15ClN4O3/c1-2-22-15-7-6-11(8-14(15)20-21-22)17(24)25-10-16(23)19-13-5-3-4-12(18)9-13/h3-9H,2,10H2,1H3,(H,19,23). The van der Waals surface area contributed by atoms with Crippen LogP contribution in [0.25, 0.3) is 11.0 Å². The van der Waals surface area contributed by atoms with Crippen molar-refractivity contribution < 1.29 is 14.3 Å². The first kappa shape index (κ1) is 16.9. The minimum atomic E-state index is -0.603. The molecule has 0 atom stereocenters. The molecule has 8 heteroatoms. The van der Waals surface area contributed by atoms with Crippen LogP contribution >= 0.6 is 11.6 Å². The minimum Gasteiger partial charge on any atom is -0.452 e. The Bertz CT molecular complexity index is 939. The lowest BCUT2D eigenvalue weighted by molar-refractivity contribution is -0.119. The van der Waals surface area contributed by atoms with Crippen LogP contribution in [-0.4, -0.2) is 33.5 Å². The summed E-state index contributed by atoms with van der Waals surface area (Å²) < 4.78 is 6.76. The summed E-state index contributed by atoms with van der Waals surface area (Å²) in [5, 5.41) is 11.1. The maximum absolute atomic E-state index is 12.1. The lowest BCUT2D eigenvalue weighted by Crippen LogP contribution is -2.20. The summed E-state index contributed by atoms with van der Waals surface area (Å²) in [6.07, 6.45) is 0. The molecule has 0 aliphatic heterocycles. The van der Waals surface area contributed by atoms with Crippen LogP contribution in [0.15, 0.2) is 42.5 Å². The summed E-state index contributed by atoms with van der Waals surface area (Å²) in [4.78, 5) is 24.0. The molecule has 1 amide bonds. The van der Waals surface area contributed by atoms with Crippen LogP contribution in [0.1, 0.15) is 17.3 Å². The van der Waals surface area contributed by atoms with E-state index in [0.717, 1.165) is 5.52 Å². The third-order valence-electron chi connectivity index (χ3n) is 3.49. The van der Waals surface area contributed by atoms with Gasteiger partial charge in [-0.2, -0.15) is 0 Å². The first-order chi connectivity index (χ1) is 12.1. The molecule has 3 aromatic rings. The molecule has 128 valence electrons. The minimum absolute atomic E-state index is 0.311. The van der Waals surface area contributed by atoms with Crippen LogP contribution in [0.4, 0.5) is 5.69 Å². The first-order valence-electron chi connectivity index (χ1n) is 7.62. The second-order valence-corrected chi connectivity index (χ2v) is 5.68. The van der Waals surface area contributed by atoms with Gasteiger partial charge in [-0.15, -0.1) is 5.10 Å². The monoisotopic (exact) mass is 358 g/mol. The maximum atomic E-state index is 12.1. The van der Waals surface area contributed by atoms with Gasteiger partial charge in [0.2, 0.25) is 0 Å². The molecule has 0 saturated carbocycles. The number of aromatic nitrogens is 3. The van der Waals surface area contributed by atoms with Gasteiger partial charge < -0.3 is 10.1 Å². The zero-order valence-electron chi connectivity index (χ0n) is 13.4. The normalized spacial score (nSPS) is 10.6. The van der Waals surface area contributed by atoms with E-state index in [0.29, 0.717) is 28.3 Å². The van der Waals surface area contributed by atoms with E-state index in [9.17, 15) is 9.59 Å². The fourth-order valence-corrected chi connectivity index (χ4v) is 2.50. The van der Waals surface area contributed by atoms with Gasteiger partial charge in [0.25, 0.3) is 5.91 Å². The van der Waals surface area contributed by atoms with Crippen molar-refractivity contribution in [1.82, 2.24) is 15.0 Å². The molecule has 0 fully saturated rings. The summed E-state index contributed by atoms with van der Waals surface area (Å²) >= 11 is 5.85. The number of fused-ring (bicyclic) bond motifs is 1. The molecule has 2 aromatic carbocycles. The molecule has 1 heterocycles. The fourth-order valence-electron chi connectivity index (χ4n) is 2.31. The number of nitrogens with one attached hydrogen (secondary N) is 1. The number of nitrogens with zero attached hydrogens (tertiary/aromatic N) is 3. The second-order valence-electron chi connectivity index (χ2n) is 5.24. The zero-order chi connectivity index (χ0) is 17.8. The van der Waals surface area contributed by atoms with E-state index in [-0.39, 0.29) is 0 Å². The molecule has 0 spiro atoms.